The smallest absolute Gasteiger partial charge is 0.0570 e. The van der Waals surface area contributed by atoms with Gasteiger partial charge in [-0.15, -0.1) is 0 Å². The normalized spacial score (nSPS) is 14.1. The molecule has 2 atom stereocenters. The van der Waals surface area contributed by atoms with E-state index < -0.39 is 0 Å². The number of rotatable bonds is 4. The third-order valence-electron chi connectivity index (χ3n) is 3.98. The molecule has 2 heteroatoms. The van der Waals surface area contributed by atoms with E-state index in [1.165, 1.54) is 22.3 Å². The summed E-state index contributed by atoms with van der Waals surface area (Å²) in [6.45, 7) is 10.9. The van der Waals surface area contributed by atoms with Crippen LogP contribution in [0.3, 0.4) is 0 Å². The van der Waals surface area contributed by atoms with Gasteiger partial charge in [-0.1, -0.05) is 18.2 Å². The Morgan fingerprint density at radius 1 is 0.900 bits per heavy atom. The second kappa shape index (κ2) is 6.19. The first kappa shape index (κ1) is 14.7. The highest BCUT2D eigenvalue weighted by atomic mass is 15.0. The quantitative estimate of drug-likeness (QED) is 0.888. The van der Waals surface area contributed by atoms with Crippen LogP contribution >= 0.6 is 0 Å². The molecule has 2 rings (SSSR count). The number of hydrogen-bond acceptors (Lipinski definition) is 2. The van der Waals surface area contributed by atoms with Crippen molar-refractivity contribution < 1.29 is 0 Å². The molecule has 1 heterocycles. The predicted molar refractivity (Wildman–Crippen MR) is 84.9 cm³/mol. The molecule has 1 N–H and O–H groups in total. The summed E-state index contributed by atoms with van der Waals surface area (Å²) >= 11 is 0. The Morgan fingerprint density at radius 2 is 1.60 bits per heavy atom. The van der Waals surface area contributed by atoms with Gasteiger partial charge in [0, 0.05) is 18.3 Å². The van der Waals surface area contributed by atoms with Crippen LogP contribution < -0.4 is 5.32 Å². The van der Waals surface area contributed by atoms with E-state index in [2.05, 4.69) is 63.1 Å². The summed E-state index contributed by atoms with van der Waals surface area (Å²) in [6.07, 6.45) is 1.85. The molecule has 0 saturated heterocycles. The molecule has 106 valence electrons. The third-order valence-corrected chi connectivity index (χ3v) is 3.98. The summed E-state index contributed by atoms with van der Waals surface area (Å²) in [5, 5.41) is 3.64. The van der Waals surface area contributed by atoms with Crippen LogP contribution in [-0.2, 0) is 0 Å². The summed E-state index contributed by atoms with van der Waals surface area (Å²) in [5.41, 5.74) is 6.51. The van der Waals surface area contributed by atoms with Gasteiger partial charge < -0.3 is 5.32 Å². The van der Waals surface area contributed by atoms with Crippen molar-refractivity contribution in [3.63, 3.8) is 0 Å². The zero-order chi connectivity index (χ0) is 14.7. The van der Waals surface area contributed by atoms with Gasteiger partial charge in [-0.3, -0.25) is 4.98 Å². The fraction of sp³-hybridized carbons (Fsp3) is 0.389. The van der Waals surface area contributed by atoms with Crippen LogP contribution in [0.5, 0.6) is 0 Å². The highest BCUT2D eigenvalue weighted by Gasteiger charge is 2.14. The third kappa shape index (κ3) is 3.26. The minimum atomic E-state index is 0.243. The summed E-state index contributed by atoms with van der Waals surface area (Å²) in [6, 6.07) is 11.2. The monoisotopic (exact) mass is 268 g/mol. The van der Waals surface area contributed by atoms with Gasteiger partial charge in [0.1, 0.15) is 0 Å². The van der Waals surface area contributed by atoms with E-state index in [1.807, 2.05) is 18.3 Å². The zero-order valence-corrected chi connectivity index (χ0v) is 13.1. The van der Waals surface area contributed by atoms with Crippen LogP contribution in [0.25, 0.3) is 0 Å². The maximum atomic E-state index is 4.42. The second-order valence-electron chi connectivity index (χ2n) is 5.66. The van der Waals surface area contributed by atoms with Gasteiger partial charge in [0.2, 0.25) is 0 Å². The van der Waals surface area contributed by atoms with E-state index in [4.69, 9.17) is 0 Å². The van der Waals surface area contributed by atoms with Gasteiger partial charge in [-0.05, 0) is 69.0 Å². The first-order valence-electron chi connectivity index (χ1n) is 7.23. The molecule has 0 aliphatic carbocycles. The van der Waals surface area contributed by atoms with Crippen LogP contribution in [0, 0.1) is 20.8 Å². The summed E-state index contributed by atoms with van der Waals surface area (Å²) < 4.78 is 0. The Morgan fingerprint density at radius 3 is 2.25 bits per heavy atom. The van der Waals surface area contributed by atoms with Crippen LogP contribution in [0.4, 0.5) is 0 Å². The lowest BCUT2D eigenvalue weighted by Gasteiger charge is -2.22. The first-order valence-corrected chi connectivity index (χ1v) is 7.23. The lowest BCUT2D eigenvalue weighted by molar-refractivity contribution is 0.485. The first-order chi connectivity index (χ1) is 9.49. The molecule has 1 aromatic carbocycles. The van der Waals surface area contributed by atoms with Crippen LogP contribution in [0.15, 0.2) is 36.5 Å². The molecule has 2 aromatic rings. The Bertz CT molecular complexity index is 575. The molecule has 0 aliphatic rings. The van der Waals surface area contributed by atoms with Gasteiger partial charge in [-0.2, -0.15) is 0 Å². The van der Waals surface area contributed by atoms with Crippen LogP contribution in [0.2, 0.25) is 0 Å². The molecule has 1 aromatic heterocycles. The summed E-state index contributed by atoms with van der Waals surface area (Å²) in [7, 11) is 0. The van der Waals surface area contributed by atoms with Crippen molar-refractivity contribution in [1.82, 2.24) is 10.3 Å². The lowest BCUT2D eigenvalue weighted by Crippen LogP contribution is -2.23. The topological polar surface area (TPSA) is 24.9 Å². The van der Waals surface area contributed by atoms with E-state index >= 15 is 0 Å². The molecule has 0 saturated carbocycles. The van der Waals surface area contributed by atoms with E-state index in [9.17, 15) is 0 Å². The van der Waals surface area contributed by atoms with Crippen molar-refractivity contribution in [2.24, 2.45) is 0 Å². The molecule has 20 heavy (non-hydrogen) atoms. The van der Waals surface area contributed by atoms with Crippen molar-refractivity contribution in [2.45, 2.75) is 46.7 Å². The number of aromatic nitrogens is 1. The molecular formula is C18H24N2. The standard InChI is InChI=1S/C18H24N2/c1-12-10-14(3)17(11-13(12)2)15(4)20-16(5)18-8-6-7-9-19-18/h6-11,15-16,20H,1-5H3/t15?,16-/m0/s1. The van der Waals surface area contributed by atoms with E-state index in [0.29, 0.717) is 6.04 Å². The Balaban J connectivity index is 2.16. The average Bonchev–Trinajstić information content (AvgIpc) is 2.43. The fourth-order valence-electron chi connectivity index (χ4n) is 2.63. The number of benzene rings is 1. The SMILES string of the molecule is Cc1cc(C)c(C(C)N[C@@H](C)c2ccccn2)cc1C. The van der Waals surface area contributed by atoms with Crippen LogP contribution in [-0.4, -0.2) is 4.98 Å². The number of nitrogens with zero attached hydrogens (tertiary/aromatic N) is 1. The highest BCUT2D eigenvalue weighted by Crippen LogP contribution is 2.24. The number of aryl methyl sites for hydroxylation is 3. The molecule has 0 spiro atoms. The molecule has 0 aliphatic heterocycles. The van der Waals surface area contributed by atoms with E-state index in [0.717, 1.165) is 5.69 Å². The van der Waals surface area contributed by atoms with Gasteiger partial charge in [-0.25, -0.2) is 0 Å². The Kier molecular flexibility index (Phi) is 4.56. The second-order valence-corrected chi connectivity index (χ2v) is 5.66. The summed E-state index contributed by atoms with van der Waals surface area (Å²) in [5.74, 6) is 0. The highest BCUT2D eigenvalue weighted by molar-refractivity contribution is 5.38. The predicted octanol–water partition coefficient (Wildman–Crippen LogP) is 4.42. The largest absolute Gasteiger partial charge is 0.302 e. The van der Waals surface area contributed by atoms with Gasteiger partial charge in [0.05, 0.1) is 5.69 Å². The fourth-order valence-corrected chi connectivity index (χ4v) is 2.63. The van der Waals surface area contributed by atoms with Crippen molar-refractivity contribution in [1.29, 1.82) is 0 Å². The van der Waals surface area contributed by atoms with Gasteiger partial charge >= 0.3 is 0 Å². The maximum absolute atomic E-state index is 4.42. The van der Waals surface area contributed by atoms with Gasteiger partial charge in [0.15, 0.2) is 0 Å². The maximum Gasteiger partial charge on any atom is 0.0570 e. The Hall–Kier alpha value is -1.67. The van der Waals surface area contributed by atoms with Gasteiger partial charge in [0.25, 0.3) is 0 Å². The average molecular weight is 268 g/mol. The van der Waals surface area contributed by atoms with E-state index in [-0.39, 0.29) is 6.04 Å². The molecule has 0 radical (unpaired) electrons. The molecular weight excluding hydrogens is 244 g/mol. The van der Waals surface area contributed by atoms with Crippen molar-refractivity contribution >= 4 is 0 Å². The molecule has 2 nitrogen and oxygen atoms in total. The van der Waals surface area contributed by atoms with Crippen molar-refractivity contribution in [2.75, 3.05) is 0 Å². The molecule has 0 fully saturated rings. The molecule has 1 unspecified atom stereocenters. The van der Waals surface area contributed by atoms with Crippen molar-refractivity contribution in [3.05, 3.63) is 64.5 Å². The molecule has 0 amide bonds. The number of pyridine rings is 1. The van der Waals surface area contributed by atoms with Crippen molar-refractivity contribution in [3.8, 4) is 0 Å². The summed E-state index contributed by atoms with van der Waals surface area (Å²) in [4.78, 5) is 4.42. The minimum absolute atomic E-state index is 0.243. The Labute approximate surface area is 122 Å². The lowest BCUT2D eigenvalue weighted by atomic mass is 9.96. The minimum Gasteiger partial charge on any atom is -0.302 e. The number of hydrogen-bond donors (Lipinski definition) is 1. The number of nitrogens with one attached hydrogen (secondary N) is 1. The van der Waals surface area contributed by atoms with E-state index in [1.54, 1.807) is 0 Å². The zero-order valence-electron chi connectivity index (χ0n) is 13.1. The van der Waals surface area contributed by atoms with Crippen LogP contribution in [0.1, 0.15) is 53.9 Å². The molecule has 0 bridgehead atoms.